The van der Waals surface area contributed by atoms with E-state index in [0.717, 1.165) is 25.7 Å². The number of amides is 1. The van der Waals surface area contributed by atoms with E-state index in [2.05, 4.69) is 19.2 Å². The van der Waals surface area contributed by atoms with Crippen molar-refractivity contribution in [1.29, 1.82) is 0 Å². The molecule has 4 N–H and O–H groups in total. The summed E-state index contributed by atoms with van der Waals surface area (Å²) in [6.45, 7) is 6.29. The summed E-state index contributed by atoms with van der Waals surface area (Å²) in [6.07, 6.45) is 4.33. The molecule has 0 rings (SSSR count). The van der Waals surface area contributed by atoms with Gasteiger partial charge in [-0.05, 0) is 25.2 Å². The second kappa shape index (κ2) is 9.78. The third-order valence-electron chi connectivity index (χ3n) is 3.23. The highest BCUT2D eigenvalue weighted by Crippen LogP contribution is 2.20. The van der Waals surface area contributed by atoms with Gasteiger partial charge in [0.25, 0.3) is 0 Å². The van der Waals surface area contributed by atoms with E-state index in [1.54, 1.807) is 6.92 Å². The van der Waals surface area contributed by atoms with Crippen molar-refractivity contribution < 1.29 is 14.7 Å². The molecule has 112 valence electrons. The van der Waals surface area contributed by atoms with Crippen molar-refractivity contribution in [2.24, 2.45) is 17.6 Å². The van der Waals surface area contributed by atoms with Gasteiger partial charge in [-0.1, -0.05) is 33.1 Å². The molecule has 5 nitrogen and oxygen atoms in total. The van der Waals surface area contributed by atoms with Gasteiger partial charge in [-0.15, -0.1) is 0 Å². The highest BCUT2D eigenvalue weighted by Gasteiger charge is 2.18. The Balaban J connectivity index is 4.22. The number of nitrogens with two attached hydrogens (primary N) is 1. The summed E-state index contributed by atoms with van der Waals surface area (Å²) in [4.78, 5) is 22.3. The Kier molecular flexibility index (Phi) is 9.21. The van der Waals surface area contributed by atoms with Gasteiger partial charge >= 0.3 is 5.97 Å². The largest absolute Gasteiger partial charge is 0.481 e. The Morgan fingerprint density at radius 2 is 1.95 bits per heavy atom. The van der Waals surface area contributed by atoms with Gasteiger partial charge < -0.3 is 16.2 Å². The van der Waals surface area contributed by atoms with Crippen LogP contribution in [0.4, 0.5) is 0 Å². The second-order valence-electron chi connectivity index (χ2n) is 5.48. The Bertz CT molecular complexity index is 280. The fourth-order valence-electron chi connectivity index (χ4n) is 2.13. The summed E-state index contributed by atoms with van der Waals surface area (Å²) in [6, 6.07) is -0.553. The zero-order valence-electron chi connectivity index (χ0n) is 12.3. The zero-order chi connectivity index (χ0) is 14.8. The van der Waals surface area contributed by atoms with Crippen LogP contribution in [0.15, 0.2) is 0 Å². The van der Waals surface area contributed by atoms with Crippen LogP contribution in [-0.4, -0.2) is 29.6 Å². The zero-order valence-corrected chi connectivity index (χ0v) is 12.3. The van der Waals surface area contributed by atoms with Gasteiger partial charge in [-0.3, -0.25) is 9.59 Å². The number of carbonyl (C=O) groups is 2. The van der Waals surface area contributed by atoms with Gasteiger partial charge in [-0.2, -0.15) is 0 Å². The molecule has 0 aliphatic rings. The summed E-state index contributed by atoms with van der Waals surface area (Å²) in [7, 11) is 0. The number of nitrogens with one attached hydrogen (secondary N) is 1. The van der Waals surface area contributed by atoms with Crippen molar-refractivity contribution >= 4 is 11.9 Å². The molecule has 2 unspecified atom stereocenters. The number of hydrogen-bond acceptors (Lipinski definition) is 3. The third kappa shape index (κ3) is 9.47. The van der Waals surface area contributed by atoms with Crippen LogP contribution >= 0.6 is 0 Å². The highest BCUT2D eigenvalue weighted by atomic mass is 16.4. The molecule has 3 atom stereocenters. The van der Waals surface area contributed by atoms with Crippen molar-refractivity contribution in [3.63, 3.8) is 0 Å². The van der Waals surface area contributed by atoms with Gasteiger partial charge in [0.05, 0.1) is 6.04 Å². The molecule has 0 aliphatic heterocycles. The molecule has 0 aliphatic carbocycles. The topological polar surface area (TPSA) is 92.4 Å². The lowest BCUT2D eigenvalue weighted by molar-refractivity contribution is -0.138. The van der Waals surface area contributed by atoms with Crippen LogP contribution in [0, 0.1) is 11.8 Å². The standard InChI is InChI=1S/C14H28N2O3/c1-4-5-6-10(2)7-12(8-13(17)18)9-16-14(19)11(3)15/h10-12H,4-9,15H2,1-3H3,(H,16,19)(H,17,18)/t10?,11-,12?/m0/s1. The maximum Gasteiger partial charge on any atom is 0.303 e. The smallest absolute Gasteiger partial charge is 0.303 e. The number of carboxylic acid groups (broad SMARTS) is 1. The Labute approximate surface area is 115 Å². The van der Waals surface area contributed by atoms with Gasteiger partial charge in [0.1, 0.15) is 0 Å². The Morgan fingerprint density at radius 3 is 2.42 bits per heavy atom. The molecule has 0 heterocycles. The Hall–Kier alpha value is -1.10. The SMILES string of the molecule is CCCCC(C)CC(CNC(=O)[C@H](C)N)CC(=O)O. The van der Waals surface area contributed by atoms with Crippen LogP contribution in [-0.2, 0) is 9.59 Å². The molecule has 5 heteroatoms. The van der Waals surface area contributed by atoms with Gasteiger partial charge in [0.2, 0.25) is 5.91 Å². The molecule has 0 fully saturated rings. The van der Waals surface area contributed by atoms with Crippen LogP contribution in [0.3, 0.4) is 0 Å². The summed E-state index contributed by atoms with van der Waals surface area (Å²) in [5.41, 5.74) is 5.46. The lowest BCUT2D eigenvalue weighted by Crippen LogP contribution is -2.41. The van der Waals surface area contributed by atoms with E-state index in [-0.39, 0.29) is 18.2 Å². The van der Waals surface area contributed by atoms with E-state index in [1.165, 1.54) is 0 Å². The number of hydrogen-bond donors (Lipinski definition) is 3. The van der Waals surface area contributed by atoms with Crippen molar-refractivity contribution in [3.8, 4) is 0 Å². The van der Waals surface area contributed by atoms with E-state index < -0.39 is 12.0 Å². The fourth-order valence-corrected chi connectivity index (χ4v) is 2.13. The van der Waals surface area contributed by atoms with Gasteiger partial charge in [0, 0.05) is 13.0 Å². The second-order valence-corrected chi connectivity index (χ2v) is 5.48. The van der Waals surface area contributed by atoms with E-state index in [0.29, 0.717) is 12.5 Å². The lowest BCUT2D eigenvalue weighted by Gasteiger charge is -2.20. The van der Waals surface area contributed by atoms with E-state index in [9.17, 15) is 9.59 Å². The van der Waals surface area contributed by atoms with E-state index in [4.69, 9.17) is 10.8 Å². The Morgan fingerprint density at radius 1 is 1.32 bits per heavy atom. The molecule has 0 bridgehead atoms. The van der Waals surface area contributed by atoms with E-state index in [1.807, 2.05) is 0 Å². The van der Waals surface area contributed by atoms with E-state index >= 15 is 0 Å². The van der Waals surface area contributed by atoms with Gasteiger partial charge in [0.15, 0.2) is 0 Å². The molecule has 0 radical (unpaired) electrons. The fraction of sp³-hybridized carbons (Fsp3) is 0.857. The van der Waals surface area contributed by atoms with Crippen molar-refractivity contribution in [2.45, 2.75) is 58.9 Å². The first kappa shape index (κ1) is 17.9. The van der Waals surface area contributed by atoms with Crippen LogP contribution in [0.2, 0.25) is 0 Å². The van der Waals surface area contributed by atoms with Crippen molar-refractivity contribution in [1.82, 2.24) is 5.32 Å². The minimum absolute atomic E-state index is 0.0212. The molecule has 0 saturated carbocycles. The first-order valence-corrected chi connectivity index (χ1v) is 7.11. The number of rotatable bonds is 10. The maximum atomic E-state index is 11.4. The molecule has 19 heavy (non-hydrogen) atoms. The van der Waals surface area contributed by atoms with Crippen LogP contribution in [0.25, 0.3) is 0 Å². The van der Waals surface area contributed by atoms with Gasteiger partial charge in [-0.25, -0.2) is 0 Å². The number of unbranched alkanes of at least 4 members (excludes halogenated alkanes) is 1. The number of carbonyl (C=O) groups excluding carboxylic acids is 1. The minimum Gasteiger partial charge on any atom is -0.481 e. The van der Waals surface area contributed by atoms with Crippen LogP contribution in [0.5, 0.6) is 0 Å². The summed E-state index contributed by atoms with van der Waals surface area (Å²) < 4.78 is 0. The molecular weight excluding hydrogens is 244 g/mol. The summed E-state index contributed by atoms with van der Waals surface area (Å²) >= 11 is 0. The first-order chi connectivity index (χ1) is 8.86. The quantitative estimate of drug-likeness (QED) is 0.565. The van der Waals surface area contributed by atoms with Crippen molar-refractivity contribution in [3.05, 3.63) is 0 Å². The van der Waals surface area contributed by atoms with Crippen LogP contribution < -0.4 is 11.1 Å². The molecule has 0 aromatic rings. The predicted octanol–water partition coefficient (Wildman–Crippen LogP) is 1.76. The average Bonchev–Trinajstić information content (AvgIpc) is 2.32. The average molecular weight is 272 g/mol. The summed E-state index contributed by atoms with van der Waals surface area (Å²) in [5, 5.41) is 11.6. The third-order valence-corrected chi connectivity index (χ3v) is 3.23. The van der Waals surface area contributed by atoms with Crippen LogP contribution in [0.1, 0.15) is 52.9 Å². The molecule has 0 aromatic heterocycles. The molecular formula is C14H28N2O3. The normalized spacial score (nSPS) is 15.6. The molecule has 0 aromatic carbocycles. The lowest BCUT2D eigenvalue weighted by atomic mass is 9.90. The number of carboxylic acids is 1. The maximum absolute atomic E-state index is 11.4. The molecule has 0 spiro atoms. The number of aliphatic carboxylic acids is 1. The molecule has 1 amide bonds. The minimum atomic E-state index is -0.817. The first-order valence-electron chi connectivity index (χ1n) is 7.11. The monoisotopic (exact) mass is 272 g/mol. The highest BCUT2D eigenvalue weighted by molar-refractivity contribution is 5.81. The molecule has 0 saturated heterocycles. The predicted molar refractivity (Wildman–Crippen MR) is 75.7 cm³/mol. The summed E-state index contributed by atoms with van der Waals surface area (Å²) in [5.74, 6) is -0.581. The van der Waals surface area contributed by atoms with Crippen molar-refractivity contribution in [2.75, 3.05) is 6.54 Å².